The number of fused-ring (bicyclic) bond motifs is 1. The lowest BCUT2D eigenvalue weighted by molar-refractivity contribution is -0.384. The first-order valence-electron chi connectivity index (χ1n) is 10.3. The van der Waals surface area contributed by atoms with Gasteiger partial charge in [0, 0.05) is 23.7 Å². The Bertz CT molecular complexity index is 1180. The molecule has 0 saturated carbocycles. The minimum absolute atomic E-state index is 0.0387. The van der Waals surface area contributed by atoms with Crippen molar-refractivity contribution in [3.05, 3.63) is 105 Å². The predicted octanol–water partition coefficient (Wildman–Crippen LogP) is 3.96. The molecule has 0 aliphatic carbocycles. The lowest BCUT2D eigenvalue weighted by atomic mass is 9.83. The molecule has 0 bridgehead atoms. The smallest absolute Gasteiger partial charge is 0.269 e. The SMILES string of the molecule is Cc1ccc(C2NNC3C(=O)N(c4ccc(F)cc4)C(c4cccc([N+](=O)[O-])c4)C32)cc1. The zero-order chi connectivity index (χ0) is 22.4. The van der Waals surface area contributed by atoms with Crippen LogP contribution < -0.4 is 15.8 Å². The second kappa shape index (κ2) is 7.81. The highest BCUT2D eigenvalue weighted by molar-refractivity contribution is 6.01. The van der Waals surface area contributed by atoms with Gasteiger partial charge in [0.25, 0.3) is 5.69 Å². The lowest BCUT2D eigenvalue weighted by Gasteiger charge is -2.31. The number of hydrogen-bond donors (Lipinski definition) is 2. The average Bonchev–Trinajstić information content (AvgIpc) is 3.34. The van der Waals surface area contributed by atoms with Gasteiger partial charge in [0.05, 0.1) is 17.0 Å². The lowest BCUT2D eigenvalue weighted by Crippen LogP contribution is -2.41. The zero-order valence-electron chi connectivity index (χ0n) is 17.2. The minimum atomic E-state index is -0.532. The molecular weight excluding hydrogens is 411 g/mol. The van der Waals surface area contributed by atoms with Crippen molar-refractivity contribution in [3.63, 3.8) is 0 Å². The number of nitrogens with zero attached hydrogens (tertiary/aromatic N) is 2. The molecule has 3 aromatic carbocycles. The fourth-order valence-corrected chi connectivity index (χ4v) is 4.78. The molecule has 0 spiro atoms. The van der Waals surface area contributed by atoms with Crippen molar-refractivity contribution in [1.29, 1.82) is 0 Å². The van der Waals surface area contributed by atoms with Crippen LogP contribution in [0.1, 0.15) is 28.8 Å². The third-order valence-corrected chi connectivity index (χ3v) is 6.27. The number of amides is 1. The number of carbonyl (C=O) groups excluding carboxylic acids is 1. The number of nitrogens with one attached hydrogen (secondary N) is 2. The molecule has 8 heteroatoms. The highest BCUT2D eigenvalue weighted by Crippen LogP contribution is 2.49. The molecule has 4 atom stereocenters. The second-order valence-electron chi connectivity index (χ2n) is 8.21. The van der Waals surface area contributed by atoms with Gasteiger partial charge >= 0.3 is 0 Å². The molecule has 3 aromatic rings. The van der Waals surface area contributed by atoms with Crippen molar-refractivity contribution >= 4 is 17.3 Å². The van der Waals surface area contributed by atoms with E-state index < -0.39 is 22.8 Å². The van der Waals surface area contributed by atoms with E-state index in [2.05, 4.69) is 10.9 Å². The first-order valence-corrected chi connectivity index (χ1v) is 10.3. The van der Waals surface area contributed by atoms with Crippen LogP contribution in [0.25, 0.3) is 0 Å². The summed E-state index contributed by atoms with van der Waals surface area (Å²) in [5.41, 5.74) is 9.69. The van der Waals surface area contributed by atoms with Crippen LogP contribution >= 0.6 is 0 Å². The third-order valence-electron chi connectivity index (χ3n) is 6.27. The van der Waals surface area contributed by atoms with Crippen LogP contribution in [0, 0.1) is 28.8 Å². The molecule has 2 aliphatic rings. The summed E-state index contributed by atoms with van der Waals surface area (Å²) in [4.78, 5) is 26.1. The molecule has 2 saturated heterocycles. The van der Waals surface area contributed by atoms with E-state index in [4.69, 9.17) is 0 Å². The topological polar surface area (TPSA) is 87.5 Å². The van der Waals surface area contributed by atoms with E-state index in [1.807, 2.05) is 31.2 Å². The van der Waals surface area contributed by atoms with Gasteiger partial charge in [-0.25, -0.2) is 15.2 Å². The van der Waals surface area contributed by atoms with Gasteiger partial charge in [0.1, 0.15) is 11.9 Å². The van der Waals surface area contributed by atoms with Crippen molar-refractivity contribution < 1.29 is 14.1 Å². The normalized spacial score (nSPS) is 24.6. The van der Waals surface area contributed by atoms with Gasteiger partial charge in [-0.05, 0) is 42.3 Å². The molecule has 2 fully saturated rings. The van der Waals surface area contributed by atoms with Crippen molar-refractivity contribution in [2.24, 2.45) is 5.92 Å². The van der Waals surface area contributed by atoms with Crippen LogP contribution in [0.3, 0.4) is 0 Å². The summed E-state index contributed by atoms with van der Waals surface area (Å²) < 4.78 is 13.6. The van der Waals surface area contributed by atoms with E-state index in [0.717, 1.165) is 11.1 Å². The quantitative estimate of drug-likeness (QED) is 0.481. The zero-order valence-corrected chi connectivity index (χ0v) is 17.2. The van der Waals surface area contributed by atoms with E-state index in [1.54, 1.807) is 29.2 Å². The van der Waals surface area contributed by atoms with E-state index in [0.29, 0.717) is 11.3 Å². The fourth-order valence-electron chi connectivity index (χ4n) is 4.78. The highest BCUT2D eigenvalue weighted by Gasteiger charge is 2.56. The molecule has 162 valence electrons. The molecular formula is C24H21FN4O3. The van der Waals surface area contributed by atoms with Gasteiger partial charge in [-0.2, -0.15) is 0 Å². The Morgan fingerprint density at radius 2 is 1.62 bits per heavy atom. The number of nitro groups is 1. The van der Waals surface area contributed by atoms with Gasteiger partial charge in [-0.15, -0.1) is 0 Å². The Morgan fingerprint density at radius 1 is 0.938 bits per heavy atom. The molecule has 2 N–H and O–H groups in total. The minimum Gasteiger partial charge on any atom is -0.303 e. The fraction of sp³-hybridized carbons (Fsp3) is 0.208. The Kier molecular flexibility index (Phi) is 4.96. The average molecular weight is 432 g/mol. The van der Waals surface area contributed by atoms with Gasteiger partial charge in [-0.1, -0.05) is 42.0 Å². The monoisotopic (exact) mass is 432 g/mol. The van der Waals surface area contributed by atoms with Crippen LogP contribution in [-0.2, 0) is 4.79 Å². The number of halogens is 1. The Hall–Kier alpha value is -3.62. The summed E-state index contributed by atoms with van der Waals surface area (Å²) in [5.74, 6) is -0.803. The number of non-ortho nitro benzene ring substituents is 1. The van der Waals surface area contributed by atoms with Crippen molar-refractivity contribution in [2.45, 2.75) is 25.0 Å². The molecule has 4 unspecified atom stereocenters. The van der Waals surface area contributed by atoms with Crippen LogP contribution in [0.5, 0.6) is 0 Å². The predicted molar refractivity (Wildman–Crippen MR) is 117 cm³/mol. The number of carbonyl (C=O) groups is 1. The number of aryl methyl sites for hydroxylation is 1. The van der Waals surface area contributed by atoms with Crippen molar-refractivity contribution in [3.8, 4) is 0 Å². The molecule has 5 rings (SSSR count). The maximum atomic E-state index is 13.6. The van der Waals surface area contributed by atoms with Crippen molar-refractivity contribution in [1.82, 2.24) is 10.9 Å². The number of nitro benzene ring substituents is 1. The third kappa shape index (κ3) is 3.34. The number of benzene rings is 3. The highest BCUT2D eigenvalue weighted by atomic mass is 19.1. The summed E-state index contributed by atoms with van der Waals surface area (Å²) in [5, 5.41) is 11.4. The van der Waals surface area contributed by atoms with Crippen LogP contribution in [0.2, 0.25) is 0 Å². The molecule has 2 aliphatic heterocycles. The molecule has 32 heavy (non-hydrogen) atoms. The van der Waals surface area contributed by atoms with Crippen LogP contribution in [-0.4, -0.2) is 16.9 Å². The summed E-state index contributed by atoms with van der Waals surface area (Å²) in [7, 11) is 0. The summed E-state index contributed by atoms with van der Waals surface area (Å²) >= 11 is 0. The first kappa shape index (κ1) is 20.3. The standard InChI is InChI=1S/C24H21FN4O3/c1-14-5-7-15(8-6-14)21-20-22(27-26-21)24(30)28(18-11-9-17(25)10-12-18)23(20)16-3-2-4-19(13-16)29(31)32/h2-13,20-23,26-27H,1H3. The Balaban J connectivity index is 1.64. The van der Waals surface area contributed by atoms with Gasteiger partial charge in [0.2, 0.25) is 5.91 Å². The molecule has 1 amide bonds. The molecule has 0 radical (unpaired) electrons. The van der Waals surface area contributed by atoms with E-state index in [-0.39, 0.29) is 23.6 Å². The molecule has 2 heterocycles. The van der Waals surface area contributed by atoms with Gasteiger partial charge in [-0.3, -0.25) is 14.9 Å². The number of hydrazine groups is 1. The summed E-state index contributed by atoms with van der Waals surface area (Å²) in [6, 6.07) is 19.0. The van der Waals surface area contributed by atoms with E-state index in [9.17, 15) is 19.3 Å². The second-order valence-corrected chi connectivity index (χ2v) is 8.21. The summed E-state index contributed by atoms with van der Waals surface area (Å²) in [6.07, 6.45) is 0. The number of rotatable bonds is 4. The van der Waals surface area contributed by atoms with Crippen LogP contribution in [0.15, 0.2) is 72.8 Å². The van der Waals surface area contributed by atoms with Crippen LogP contribution in [0.4, 0.5) is 15.8 Å². The van der Waals surface area contributed by atoms with Gasteiger partial charge in [0.15, 0.2) is 0 Å². The largest absolute Gasteiger partial charge is 0.303 e. The maximum absolute atomic E-state index is 13.6. The number of hydrogen-bond acceptors (Lipinski definition) is 5. The van der Waals surface area contributed by atoms with E-state index >= 15 is 0 Å². The Morgan fingerprint density at radius 3 is 2.31 bits per heavy atom. The summed E-state index contributed by atoms with van der Waals surface area (Å²) in [6.45, 7) is 2.01. The molecule has 0 aromatic heterocycles. The Labute approximate surface area is 184 Å². The van der Waals surface area contributed by atoms with Gasteiger partial charge < -0.3 is 4.90 Å². The molecule has 7 nitrogen and oxygen atoms in total. The van der Waals surface area contributed by atoms with E-state index in [1.165, 1.54) is 24.3 Å². The first-order chi connectivity index (χ1) is 15.4. The maximum Gasteiger partial charge on any atom is 0.269 e. The number of anilines is 1. The van der Waals surface area contributed by atoms with Crippen molar-refractivity contribution in [2.75, 3.05) is 4.90 Å².